The fourth-order valence-corrected chi connectivity index (χ4v) is 1.41. The number of hydrogen-bond donors (Lipinski definition) is 2. The van der Waals surface area contributed by atoms with E-state index in [1.54, 1.807) is 6.20 Å². The molecule has 2 rings (SSSR count). The van der Waals surface area contributed by atoms with Crippen LogP contribution in [0.25, 0.3) is 10.9 Å². The van der Waals surface area contributed by atoms with Gasteiger partial charge in [-0.05, 0) is 18.6 Å². The summed E-state index contributed by atoms with van der Waals surface area (Å²) in [6, 6.07) is 1.86. The number of rotatable bonds is 1. The monoisotopic (exact) mass is 189 g/mol. The van der Waals surface area contributed by atoms with Gasteiger partial charge in [-0.25, -0.2) is 4.98 Å². The van der Waals surface area contributed by atoms with E-state index in [0.29, 0.717) is 5.82 Å². The molecule has 14 heavy (non-hydrogen) atoms. The highest BCUT2D eigenvalue weighted by atomic mass is 16.1. The van der Waals surface area contributed by atoms with Gasteiger partial charge in [0.2, 0.25) is 5.91 Å². The Morgan fingerprint density at radius 3 is 3.07 bits per heavy atom. The largest absolute Gasteiger partial charge is 0.360 e. The van der Waals surface area contributed by atoms with Gasteiger partial charge in [0.25, 0.3) is 0 Å². The number of hydrogen-bond acceptors (Lipinski definition) is 2. The van der Waals surface area contributed by atoms with E-state index in [1.165, 1.54) is 6.92 Å². The highest BCUT2D eigenvalue weighted by Gasteiger charge is 2.02. The van der Waals surface area contributed by atoms with E-state index in [0.717, 1.165) is 16.5 Å². The first kappa shape index (κ1) is 8.74. The molecule has 2 aromatic rings. The normalized spacial score (nSPS) is 10.4. The Bertz CT molecular complexity index is 487. The maximum atomic E-state index is 10.8. The molecule has 0 aliphatic rings. The van der Waals surface area contributed by atoms with Crippen molar-refractivity contribution in [2.45, 2.75) is 13.8 Å². The lowest BCUT2D eigenvalue weighted by Crippen LogP contribution is -2.06. The first-order valence-corrected chi connectivity index (χ1v) is 4.38. The number of carbonyl (C=O) groups excluding carboxylic acids is 1. The number of pyridine rings is 1. The Morgan fingerprint density at radius 1 is 1.57 bits per heavy atom. The SMILES string of the molecule is CC(=O)Nc1cc2c(C)c[nH]c2cn1. The molecule has 0 saturated heterocycles. The van der Waals surface area contributed by atoms with Gasteiger partial charge in [-0.3, -0.25) is 4.79 Å². The second-order valence-electron chi connectivity index (χ2n) is 3.27. The number of aromatic nitrogens is 2. The molecular formula is C10H11N3O. The number of aryl methyl sites for hydroxylation is 1. The van der Waals surface area contributed by atoms with Crippen molar-refractivity contribution in [3.63, 3.8) is 0 Å². The number of nitrogens with one attached hydrogen (secondary N) is 2. The lowest BCUT2D eigenvalue weighted by Gasteiger charge is -2.00. The third-order valence-electron chi connectivity index (χ3n) is 2.08. The van der Waals surface area contributed by atoms with Crippen molar-refractivity contribution in [2.24, 2.45) is 0 Å². The first-order valence-electron chi connectivity index (χ1n) is 4.38. The minimum absolute atomic E-state index is 0.106. The summed E-state index contributed by atoms with van der Waals surface area (Å²) in [6.45, 7) is 3.48. The van der Waals surface area contributed by atoms with E-state index >= 15 is 0 Å². The van der Waals surface area contributed by atoms with Gasteiger partial charge >= 0.3 is 0 Å². The van der Waals surface area contributed by atoms with Crippen molar-refractivity contribution < 1.29 is 4.79 Å². The zero-order chi connectivity index (χ0) is 10.1. The molecule has 2 heterocycles. The zero-order valence-electron chi connectivity index (χ0n) is 8.09. The van der Waals surface area contributed by atoms with Crippen LogP contribution in [0.4, 0.5) is 5.82 Å². The van der Waals surface area contributed by atoms with Crippen molar-refractivity contribution in [1.82, 2.24) is 9.97 Å². The molecule has 0 saturated carbocycles. The van der Waals surface area contributed by atoms with Crippen LogP contribution >= 0.6 is 0 Å². The first-order chi connectivity index (χ1) is 6.66. The maximum absolute atomic E-state index is 10.8. The van der Waals surface area contributed by atoms with Crippen LogP contribution in [0.1, 0.15) is 12.5 Å². The smallest absolute Gasteiger partial charge is 0.222 e. The van der Waals surface area contributed by atoms with E-state index in [1.807, 2.05) is 19.2 Å². The van der Waals surface area contributed by atoms with Crippen molar-refractivity contribution in [3.05, 3.63) is 24.0 Å². The number of H-pyrrole nitrogens is 1. The average Bonchev–Trinajstić information content (AvgIpc) is 2.47. The summed E-state index contributed by atoms with van der Waals surface area (Å²) in [7, 11) is 0. The summed E-state index contributed by atoms with van der Waals surface area (Å²) in [5.74, 6) is 0.484. The molecule has 0 fully saturated rings. The van der Waals surface area contributed by atoms with Crippen LogP contribution in [0.2, 0.25) is 0 Å². The molecule has 0 bridgehead atoms. The summed E-state index contributed by atoms with van der Waals surface area (Å²) in [4.78, 5) is 18.0. The number of carbonyl (C=O) groups is 1. The Morgan fingerprint density at radius 2 is 2.36 bits per heavy atom. The zero-order valence-corrected chi connectivity index (χ0v) is 8.09. The van der Waals surface area contributed by atoms with Crippen molar-refractivity contribution in [1.29, 1.82) is 0 Å². The number of anilines is 1. The lowest BCUT2D eigenvalue weighted by atomic mass is 10.2. The summed E-state index contributed by atoms with van der Waals surface area (Å²) < 4.78 is 0. The van der Waals surface area contributed by atoms with Crippen LogP contribution in [0.15, 0.2) is 18.5 Å². The number of nitrogens with zero attached hydrogens (tertiary/aromatic N) is 1. The molecule has 72 valence electrons. The average molecular weight is 189 g/mol. The fourth-order valence-electron chi connectivity index (χ4n) is 1.41. The Hall–Kier alpha value is -1.84. The van der Waals surface area contributed by atoms with Crippen LogP contribution in [0, 0.1) is 6.92 Å². The van der Waals surface area contributed by atoms with Crippen molar-refractivity contribution in [3.8, 4) is 0 Å². The minimum Gasteiger partial charge on any atom is -0.360 e. The molecule has 1 amide bonds. The summed E-state index contributed by atoms with van der Waals surface area (Å²) in [5, 5.41) is 3.74. The summed E-state index contributed by atoms with van der Waals surface area (Å²) >= 11 is 0. The van der Waals surface area contributed by atoms with E-state index in [-0.39, 0.29) is 5.91 Å². The van der Waals surface area contributed by atoms with Gasteiger partial charge in [-0.1, -0.05) is 0 Å². The third-order valence-corrected chi connectivity index (χ3v) is 2.08. The molecule has 2 aromatic heterocycles. The molecule has 0 aliphatic heterocycles. The maximum Gasteiger partial charge on any atom is 0.222 e. The van der Waals surface area contributed by atoms with Gasteiger partial charge < -0.3 is 10.3 Å². The Balaban J connectivity index is 2.49. The van der Waals surface area contributed by atoms with Gasteiger partial charge in [-0.15, -0.1) is 0 Å². The lowest BCUT2D eigenvalue weighted by molar-refractivity contribution is -0.114. The highest BCUT2D eigenvalue weighted by molar-refractivity contribution is 5.91. The second-order valence-corrected chi connectivity index (χ2v) is 3.27. The molecular weight excluding hydrogens is 178 g/mol. The van der Waals surface area contributed by atoms with E-state index in [2.05, 4.69) is 15.3 Å². The molecule has 0 aromatic carbocycles. The van der Waals surface area contributed by atoms with Crippen molar-refractivity contribution in [2.75, 3.05) is 5.32 Å². The molecule has 4 nitrogen and oxygen atoms in total. The predicted octanol–water partition coefficient (Wildman–Crippen LogP) is 1.83. The fraction of sp³-hybridized carbons (Fsp3) is 0.200. The predicted molar refractivity (Wildman–Crippen MR) is 55.1 cm³/mol. The molecule has 0 unspecified atom stereocenters. The summed E-state index contributed by atoms with van der Waals surface area (Å²) in [5.41, 5.74) is 2.13. The molecule has 0 aliphatic carbocycles. The van der Waals surface area contributed by atoms with Gasteiger partial charge in [0, 0.05) is 18.5 Å². The molecule has 2 N–H and O–H groups in total. The van der Waals surface area contributed by atoms with Gasteiger partial charge in [0.1, 0.15) is 5.82 Å². The highest BCUT2D eigenvalue weighted by Crippen LogP contribution is 2.19. The van der Waals surface area contributed by atoms with E-state index in [9.17, 15) is 4.79 Å². The van der Waals surface area contributed by atoms with E-state index in [4.69, 9.17) is 0 Å². The summed E-state index contributed by atoms with van der Waals surface area (Å²) in [6.07, 6.45) is 3.64. The quantitative estimate of drug-likeness (QED) is 0.719. The molecule has 0 spiro atoms. The van der Waals surface area contributed by atoms with Gasteiger partial charge in [-0.2, -0.15) is 0 Å². The Labute approximate surface area is 81.3 Å². The topological polar surface area (TPSA) is 57.8 Å². The van der Waals surface area contributed by atoms with Crippen LogP contribution in [-0.2, 0) is 4.79 Å². The molecule has 4 heteroatoms. The van der Waals surface area contributed by atoms with E-state index < -0.39 is 0 Å². The Kier molecular flexibility index (Phi) is 1.96. The molecule has 0 atom stereocenters. The van der Waals surface area contributed by atoms with Crippen LogP contribution < -0.4 is 5.32 Å². The second kappa shape index (κ2) is 3.14. The minimum atomic E-state index is -0.106. The number of fused-ring (bicyclic) bond motifs is 1. The number of aromatic amines is 1. The molecule has 0 radical (unpaired) electrons. The van der Waals surface area contributed by atoms with Crippen LogP contribution in [0.3, 0.4) is 0 Å². The third kappa shape index (κ3) is 1.46. The number of amides is 1. The van der Waals surface area contributed by atoms with Crippen molar-refractivity contribution >= 4 is 22.6 Å². The van der Waals surface area contributed by atoms with Crippen LogP contribution in [-0.4, -0.2) is 15.9 Å². The van der Waals surface area contributed by atoms with Crippen LogP contribution in [0.5, 0.6) is 0 Å². The van der Waals surface area contributed by atoms with Gasteiger partial charge in [0.15, 0.2) is 0 Å². The van der Waals surface area contributed by atoms with Gasteiger partial charge in [0.05, 0.1) is 11.7 Å². The standard InChI is InChI=1S/C10H11N3O/c1-6-4-11-9-5-12-10(3-8(6)9)13-7(2)14/h3-5,11H,1-2H3,(H,12,13,14).